The number of imidazole rings is 1. The highest BCUT2D eigenvalue weighted by Gasteiger charge is 2.18. The van der Waals surface area contributed by atoms with Crippen molar-refractivity contribution in [3.8, 4) is 11.5 Å². The molecule has 0 bridgehead atoms. The van der Waals surface area contributed by atoms with Crippen molar-refractivity contribution in [2.24, 2.45) is 0 Å². The third-order valence-corrected chi connectivity index (χ3v) is 3.89. The van der Waals surface area contributed by atoms with Crippen molar-refractivity contribution < 1.29 is 9.47 Å². The molecule has 0 spiro atoms. The summed E-state index contributed by atoms with van der Waals surface area (Å²) in [5.41, 5.74) is 0.800. The fourth-order valence-electron chi connectivity index (χ4n) is 2.69. The molecule has 1 saturated carbocycles. The fraction of sp³-hybridized carbons (Fsp3) is 0.353. The zero-order valence-electron chi connectivity index (χ0n) is 12.6. The van der Waals surface area contributed by atoms with Crippen LogP contribution in [0.2, 0.25) is 0 Å². The molecule has 1 N–H and O–H groups in total. The average molecular weight is 300 g/mol. The van der Waals surface area contributed by atoms with Gasteiger partial charge in [0, 0.05) is 18.6 Å². The van der Waals surface area contributed by atoms with Crippen LogP contribution in [0, 0.1) is 0 Å². The molecule has 1 aromatic heterocycles. The Morgan fingerprint density at radius 3 is 2.77 bits per heavy atom. The molecule has 0 amide bonds. The summed E-state index contributed by atoms with van der Waals surface area (Å²) in [5.74, 6) is 1.50. The quantitative estimate of drug-likeness (QED) is 0.923. The van der Waals surface area contributed by atoms with Crippen molar-refractivity contribution in [3.05, 3.63) is 46.6 Å². The summed E-state index contributed by atoms with van der Waals surface area (Å²) in [4.78, 5) is 14.0. The predicted molar refractivity (Wildman–Crippen MR) is 86.2 cm³/mol. The van der Waals surface area contributed by atoms with Crippen LogP contribution in [0.4, 0.5) is 0 Å². The van der Waals surface area contributed by atoms with Gasteiger partial charge in [-0.3, -0.25) is 4.57 Å². The highest BCUT2D eigenvalue weighted by Crippen LogP contribution is 2.32. The van der Waals surface area contributed by atoms with Crippen LogP contribution in [0.25, 0.3) is 12.3 Å². The molecular weight excluding hydrogens is 280 g/mol. The van der Waals surface area contributed by atoms with Crippen LogP contribution >= 0.6 is 0 Å². The molecule has 22 heavy (non-hydrogen) atoms. The number of hydrogen-bond acceptors (Lipinski definition) is 3. The van der Waals surface area contributed by atoms with Gasteiger partial charge in [0.2, 0.25) is 0 Å². The number of aromatic nitrogens is 2. The van der Waals surface area contributed by atoms with Crippen molar-refractivity contribution in [1.82, 2.24) is 9.55 Å². The predicted octanol–water partition coefficient (Wildman–Crippen LogP) is 3.13. The van der Waals surface area contributed by atoms with Crippen LogP contribution < -0.4 is 15.2 Å². The first kappa shape index (κ1) is 14.5. The van der Waals surface area contributed by atoms with Crippen molar-refractivity contribution in [1.29, 1.82) is 0 Å². The Balaban J connectivity index is 1.81. The van der Waals surface area contributed by atoms with Crippen LogP contribution in [0.15, 0.2) is 35.4 Å². The van der Waals surface area contributed by atoms with Crippen molar-refractivity contribution in [2.75, 3.05) is 7.11 Å². The van der Waals surface area contributed by atoms with Gasteiger partial charge in [-0.1, -0.05) is 6.07 Å². The average Bonchev–Trinajstić information content (AvgIpc) is 3.17. The van der Waals surface area contributed by atoms with Crippen LogP contribution in [0.3, 0.4) is 0 Å². The molecule has 2 aromatic rings. The normalized spacial score (nSPS) is 15.5. The molecule has 0 aliphatic heterocycles. The van der Waals surface area contributed by atoms with Gasteiger partial charge in [0.1, 0.15) is 0 Å². The standard InChI is InChI=1S/C17H20N2O3/c1-21-15-7-6-13(8-10-19-11-9-18-17(19)20)12-16(15)22-14-4-2-3-5-14/h6-12,14H,2-5H2,1H3,(H,18,20). The van der Waals surface area contributed by atoms with Crippen molar-refractivity contribution in [3.63, 3.8) is 0 Å². The van der Waals surface area contributed by atoms with Gasteiger partial charge in [0.05, 0.1) is 13.2 Å². The van der Waals surface area contributed by atoms with E-state index < -0.39 is 0 Å². The minimum atomic E-state index is -0.160. The molecule has 0 unspecified atom stereocenters. The van der Waals surface area contributed by atoms with Crippen LogP contribution in [-0.2, 0) is 0 Å². The summed E-state index contributed by atoms with van der Waals surface area (Å²) in [6.45, 7) is 0. The number of hydrogen-bond donors (Lipinski definition) is 1. The fourth-order valence-corrected chi connectivity index (χ4v) is 2.69. The Kier molecular flexibility index (Phi) is 4.32. The van der Waals surface area contributed by atoms with Gasteiger partial charge in [-0.25, -0.2) is 4.79 Å². The number of rotatable bonds is 5. The van der Waals surface area contributed by atoms with E-state index in [0.29, 0.717) is 0 Å². The van der Waals surface area contributed by atoms with Gasteiger partial charge in [-0.2, -0.15) is 0 Å². The van der Waals surface area contributed by atoms with E-state index in [9.17, 15) is 4.79 Å². The van der Waals surface area contributed by atoms with Gasteiger partial charge in [0.25, 0.3) is 0 Å². The monoisotopic (exact) mass is 300 g/mol. The summed E-state index contributed by atoms with van der Waals surface area (Å²) in [5, 5.41) is 0. The summed E-state index contributed by atoms with van der Waals surface area (Å²) in [7, 11) is 1.64. The zero-order valence-corrected chi connectivity index (χ0v) is 12.6. The molecule has 5 heteroatoms. The molecule has 1 aliphatic carbocycles. The van der Waals surface area contributed by atoms with E-state index in [1.54, 1.807) is 25.7 Å². The highest BCUT2D eigenvalue weighted by atomic mass is 16.5. The number of methoxy groups -OCH3 is 1. The minimum absolute atomic E-state index is 0.160. The lowest BCUT2D eigenvalue weighted by molar-refractivity contribution is 0.201. The van der Waals surface area contributed by atoms with Crippen molar-refractivity contribution >= 4 is 12.3 Å². The second-order valence-corrected chi connectivity index (χ2v) is 5.42. The topological polar surface area (TPSA) is 56.2 Å². The van der Waals surface area contributed by atoms with E-state index in [-0.39, 0.29) is 11.8 Å². The number of ether oxygens (including phenoxy) is 2. The highest BCUT2D eigenvalue weighted by molar-refractivity contribution is 5.63. The Labute approximate surface area is 129 Å². The Morgan fingerprint density at radius 1 is 1.27 bits per heavy atom. The first-order valence-electron chi connectivity index (χ1n) is 7.54. The molecule has 3 rings (SSSR count). The lowest BCUT2D eigenvalue weighted by Crippen LogP contribution is -2.11. The third kappa shape index (κ3) is 3.24. The number of aromatic amines is 1. The first-order chi connectivity index (χ1) is 10.8. The maximum Gasteiger partial charge on any atom is 0.329 e. The van der Waals surface area contributed by atoms with Gasteiger partial charge < -0.3 is 14.5 Å². The van der Waals surface area contributed by atoms with Crippen LogP contribution in [0.1, 0.15) is 31.2 Å². The molecule has 1 heterocycles. The third-order valence-electron chi connectivity index (χ3n) is 3.89. The number of nitrogens with one attached hydrogen (secondary N) is 1. The summed E-state index contributed by atoms with van der Waals surface area (Å²) in [6.07, 6.45) is 11.8. The molecule has 0 radical (unpaired) electrons. The second kappa shape index (κ2) is 6.56. The van der Waals surface area contributed by atoms with Crippen LogP contribution in [-0.4, -0.2) is 22.8 Å². The Hall–Kier alpha value is -2.43. The first-order valence-corrected chi connectivity index (χ1v) is 7.54. The van der Waals surface area contributed by atoms with Gasteiger partial charge in [-0.15, -0.1) is 0 Å². The lowest BCUT2D eigenvalue weighted by Gasteiger charge is -2.16. The van der Waals surface area contributed by atoms with E-state index in [4.69, 9.17) is 9.47 Å². The van der Waals surface area contributed by atoms with E-state index >= 15 is 0 Å². The Morgan fingerprint density at radius 2 is 2.09 bits per heavy atom. The maximum absolute atomic E-state index is 11.4. The zero-order chi connectivity index (χ0) is 15.4. The molecule has 116 valence electrons. The largest absolute Gasteiger partial charge is 0.493 e. The summed E-state index contributed by atoms with van der Waals surface area (Å²) in [6, 6.07) is 5.78. The van der Waals surface area contributed by atoms with E-state index in [2.05, 4.69) is 4.98 Å². The second-order valence-electron chi connectivity index (χ2n) is 5.42. The summed E-state index contributed by atoms with van der Waals surface area (Å²) >= 11 is 0. The molecule has 0 saturated heterocycles. The van der Waals surface area contributed by atoms with Gasteiger partial charge in [-0.05, 0) is 49.5 Å². The van der Waals surface area contributed by atoms with E-state index in [1.807, 2.05) is 24.3 Å². The number of benzene rings is 1. The van der Waals surface area contributed by atoms with E-state index in [0.717, 1.165) is 29.9 Å². The van der Waals surface area contributed by atoms with Gasteiger partial charge in [0.15, 0.2) is 11.5 Å². The molecule has 1 aliphatic rings. The van der Waals surface area contributed by atoms with Crippen LogP contribution in [0.5, 0.6) is 11.5 Å². The number of H-pyrrole nitrogens is 1. The molecule has 1 aromatic carbocycles. The number of nitrogens with zero attached hydrogens (tertiary/aromatic N) is 1. The minimum Gasteiger partial charge on any atom is -0.493 e. The molecule has 0 atom stereocenters. The summed E-state index contributed by atoms with van der Waals surface area (Å²) < 4.78 is 12.9. The molecule has 5 nitrogen and oxygen atoms in total. The smallest absolute Gasteiger partial charge is 0.329 e. The lowest BCUT2D eigenvalue weighted by atomic mass is 10.2. The van der Waals surface area contributed by atoms with E-state index in [1.165, 1.54) is 17.4 Å². The molecular formula is C17H20N2O3. The van der Waals surface area contributed by atoms with Crippen molar-refractivity contribution in [2.45, 2.75) is 31.8 Å². The maximum atomic E-state index is 11.4. The van der Waals surface area contributed by atoms with Gasteiger partial charge >= 0.3 is 5.69 Å². The SMILES string of the molecule is COc1ccc(C=Cn2cc[nH]c2=O)cc1OC1CCCC1. The Bertz CT molecular complexity index is 709. The molecule has 1 fully saturated rings.